The number of halogens is 1. The summed E-state index contributed by atoms with van der Waals surface area (Å²) in [5.41, 5.74) is 5.25. The second kappa shape index (κ2) is 13.4. The molecule has 3 N–H and O–H groups in total. The van der Waals surface area contributed by atoms with Crippen molar-refractivity contribution < 1.29 is 18.7 Å². The first-order chi connectivity index (χ1) is 23.4. The van der Waals surface area contributed by atoms with Crippen LogP contribution in [0.3, 0.4) is 0 Å². The lowest BCUT2D eigenvalue weighted by molar-refractivity contribution is -0.134. The van der Waals surface area contributed by atoms with Crippen LogP contribution in [0.5, 0.6) is 0 Å². The molecule has 2 aliphatic rings. The fraction of sp³-hybridized carbons (Fsp3) is 0.297. The number of alkyl carbamates (subject to hydrolysis) is 1. The first-order valence-corrected chi connectivity index (χ1v) is 16.3. The number of carbonyl (C=O) groups excluding carboxylic acids is 2. The maximum Gasteiger partial charge on any atom is 0.407 e. The predicted octanol–water partition coefficient (Wildman–Crippen LogP) is 6.80. The predicted molar refractivity (Wildman–Crippen MR) is 180 cm³/mol. The van der Waals surface area contributed by atoms with Gasteiger partial charge in [-0.1, -0.05) is 60.7 Å². The minimum atomic E-state index is -0.879. The molecule has 246 valence electrons. The number of imidazole rings is 2. The largest absolute Gasteiger partial charge is 0.453 e. The number of H-pyrrole nitrogens is 2. The number of aromatic amines is 2. The van der Waals surface area contributed by atoms with E-state index in [1.165, 1.54) is 7.11 Å². The summed E-state index contributed by atoms with van der Waals surface area (Å²) < 4.78 is 20.2. The van der Waals surface area contributed by atoms with Crippen LogP contribution in [0.4, 0.5) is 9.18 Å². The van der Waals surface area contributed by atoms with Gasteiger partial charge in [-0.3, -0.25) is 9.69 Å². The van der Waals surface area contributed by atoms with E-state index >= 15 is 4.39 Å². The number of hydrogen-bond donors (Lipinski definition) is 3. The van der Waals surface area contributed by atoms with Crippen LogP contribution in [-0.4, -0.2) is 69.0 Å². The lowest BCUT2D eigenvalue weighted by atomic mass is 10.0. The van der Waals surface area contributed by atoms with Gasteiger partial charge < -0.3 is 24.9 Å². The average molecular weight is 648 g/mol. The van der Waals surface area contributed by atoms with Gasteiger partial charge in [-0.15, -0.1) is 0 Å². The van der Waals surface area contributed by atoms with Crippen LogP contribution in [0, 0.1) is 5.82 Å². The second-order valence-electron chi connectivity index (χ2n) is 12.4. The zero-order valence-electron chi connectivity index (χ0n) is 26.9. The van der Waals surface area contributed by atoms with Gasteiger partial charge in [0.2, 0.25) is 0 Å². The van der Waals surface area contributed by atoms with Crippen molar-refractivity contribution in [3.8, 4) is 33.6 Å². The molecule has 2 aromatic heterocycles. The van der Waals surface area contributed by atoms with E-state index in [4.69, 9.17) is 4.74 Å². The second-order valence-corrected chi connectivity index (χ2v) is 12.4. The quantitative estimate of drug-likeness (QED) is 0.171. The van der Waals surface area contributed by atoms with Gasteiger partial charge in [0.25, 0.3) is 5.91 Å². The molecule has 2 saturated heterocycles. The molecule has 0 saturated carbocycles. The molecule has 3 aromatic carbocycles. The zero-order chi connectivity index (χ0) is 33.2. The Morgan fingerprint density at radius 2 is 1.50 bits per heavy atom. The van der Waals surface area contributed by atoms with Gasteiger partial charge in [-0.25, -0.2) is 19.2 Å². The number of hydrogen-bond acceptors (Lipinski definition) is 6. The van der Waals surface area contributed by atoms with Gasteiger partial charge in [0.1, 0.15) is 23.5 Å². The van der Waals surface area contributed by atoms with E-state index in [1.807, 2.05) is 60.7 Å². The van der Waals surface area contributed by atoms with Crippen LogP contribution in [0.25, 0.3) is 33.6 Å². The number of amides is 2. The number of likely N-dealkylation sites (tertiary alicyclic amines) is 2. The highest BCUT2D eigenvalue weighted by atomic mass is 19.1. The summed E-state index contributed by atoms with van der Waals surface area (Å²) in [4.78, 5) is 45.9. The molecule has 3 atom stereocenters. The third kappa shape index (κ3) is 6.21. The third-order valence-corrected chi connectivity index (χ3v) is 9.49. The fourth-order valence-electron chi connectivity index (χ4n) is 6.90. The molecule has 10 nitrogen and oxygen atoms in total. The topological polar surface area (TPSA) is 119 Å². The number of ether oxygens (including phenoxy) is 1. The highest BCUT2D eigenvalue weighted by Gasteiger charge is 2.37. The number of methoxy groups -OCH3 is 1. The van der Waals surface area contributed by atoms with Crippen molar-refractivity contribution in [3.63, 3.8) is 0 Å². The Labute approximate surface area is 278 Å². The first-order valence-electron chi connectivity index (χ1n) is 16.3. The maximum atomic E-state index is 15.4. The van der Waals surface area contributed by atoms with E-state index in [1.54, 1.807) is 29.4 Å². The Morgan fingerprint density at radius 3 is 2.21 bits per heavy atom. The summed E-state index contributed by atoms with van der Waals surface area (Å²) in [6, 6.07) is 21.4. The molecule has 11 heteroatoms. The van der Waals surface area contributed by atoms with Crippen LogP contribution in [0.1, 0.15) is 61.0 Å². The summed E-state index contributed by atoms with van der Waals surface area (Å²) in [6.07, 6.45) is 6.55. The number of nitrogens with zero attached hydrogens (tertiary/aromatic N) is 4. The standard InChI is InChI=1S/C37H38FN7O3/c1-44-18-6-10-31(44)34-40-22-30(42-34)27-17-16-26(20-28(27)38)23-12-14-24(15-13-23)29-21-39-35(41-29)32-11-7-19-45(32)36(46)33(43-37(47)48-2)25-8-4-3-5-9-25/h3-5,8-9,12-17,20-22,31-33H,6-7,10-11,18-19H2,1-2H3,(H,39,41)(H,40,42)(H,43,47)/t31-,32-,33+/m0/s1. The lowest BCUT2D eigenvalue weighted by Gasteiger charge is -2.28. The van der Waals surface area contributed by atoms with Crippen molar-refractivity contribution in [1.29, 1.82) is 0 Å². The maximum absolute atomic E-state index is 15.4. The number of carbonyl (C=O) groups is 2. The number of aromatic nitrogens is 4. The molecule has 48 heavy (non-hydrogen) atoms. The molecule has 4 heterocycles. The number of benzene rings is 3. The number of rotatable bonds is 8. The van der Waals surface area contributed by atoms with E-state index < -0.39 is 12.1 Å². The van der Waals surface area contributed by atoms with Gasteiger partial charge in [0, 0.05) is 12.1 Å². The summed E-state index contributed by atoms with van der Waals surface area (Å²) >= 11 is 0. The summed E-state index contributed by atoms with van der Waals surface area (Å²) in [5, 5.41) is 2.70. The first kappa shape index (κ1) is 31.3. The number of nitrogens with one attached hydrogen (secondary N) is 3. The van der Waals surface area contributed by atoms with Crippen LogP contribution >= 0.6 is 0 Å². The Morgan fingerprint density at radius 1 is 0.854 bits per heavy atom. The smallest absolute Gasteiger partial charge is 0.407 e. The third-order valence-electron chi connectivity index (χ3n) is 9.49. The van der Waals surface area contributed by atoms with E-state index in [-0.39, 0.29) is 23.8 Å². The van der Waals surface area contributed by atoms with Gasteiger partial charge >= 0.3 is 6.09 Å². The minimum Gasteiger partial charge on any atom is -0.453 e. The zero-order valence-corrected chi connectivity index (χ0v) is 26.9. The van der Waals surface area contributed by atoms with Crippen molar-refractivity contribution in [3.05, 3.63) is 108 Å². The van der Waals surface area contributed by atoms with Crippen LogP contribution in [-0.2, 0) is 9.53 Å². The molecule has 0 unspecified atom stereocenters. The normalized spacial score (nSPS) is 18.6. The molecule has 5 aromatic rings. The molecule has 0 aliphatic carbocycles. The Hall–Kier alpha value is -5.29. The molecule has 0 bridgehead atoms. The van der Waals surface area contributed by atoms with E-state index in [9.17, 15) is 9.59 Å². The molecule has 2 fully saturated rings. The molecular formula is C37H38FN7O3. The van der Waals surface area contributed by atoms with Gasteiger partial charge in [0.15, 0.2) is 0 Å². The summed E-state index contributed by atoms with van der Waals surface area (Å²) in [6.45, 7) is 1.59. The fourth-order valence-corrected chi connectivity index (χ4v) is 6.90. The van der Waals surface area contributed by atoms with Crippen molar-refractivity contribution in [2.75, 3.05) is 27.2 Å². The SMILES string of the molecule is COC(=O)N[C@@H](C(=O)N1CCC[C@H]1c1ncc(-c2ccc(-c3ccc(-c4cnc([C@@H]5CCCN5C)[nH]4)c(F)c3)cc2)[nH]1)c1ccccc1. The van der Waals surface area contributed by atoms with E-state index in [0.717, 1.165) is 60.4 Å². The monoisotopic (exact) mass is 647 g/mol. The molecule has 0 radical (unpaired) electrons. The molecule has 7 rings (SSSR count). The summed E-state index contributed by atoms with van der Waals surface area (Å²) in [5.74, 6) is 1.04. The van der Waals surface area contributed by atoms with Crippen molar-refractivity contribution in [1.82, 2.24) is 35.1 Å². The van der Waals surface area contributed by atoms with E-state index in [2.05, 4.69) is 37.2 Å². The summed E-state index contributed by atoms with van der Waals surface area (Å²) in [7, 11) is 3.37. The van der Waals surface area contributed by atoms with Crippen molar-refractivity contribution in [2.24, 2.45) is 0 Å². The highest BCUT2D eigenvalue weighted by molar-refractivity contribution is 5.87. The van der Waals surface area contributed by atoms with Gasteiger partial charge in [-0.2, -0.15) is 0 Å². The minimum absolute atomic E-state index is 0.218. The van der Waals surface area contributed by atoms with Crippen molar-refractivity contribution >= 4 is 12.0 Å². The van der Waals surface area contributed by atoms with Crippen LogP contribution in [0.2, 0.25) is 0 Å². The average Bonchev–Trinajstić information content (AvgIpc) is 3.94. The molecule has 2 aliphatic heterocycles. The van der Waals surface area contributed by atoms with Crippen LogP contribution in [0.15, 0.2) is 85.2 Å². The molecular weight excluding hydrogens is 609 g/mol. The van der Waals surface area contributed by atoms with Gasteiger partial charge in [-0.05, 0) is 73.7 Å². The lowest BCUT2D eigenvalue weighted by Crippen LogP contribution is -2.42. The van der Waals surface area contributed by atoms with Gasteiger partial charge in [0.05, 0.1) is 43.0 Å². The Kier molecular flexibility index (Phi) is 8.77. The molecule has 2 amide bonds. The Bertz CT molecular complexity index is 1910. The molecule has 0 spiro atoms. The van der Waals surface area contributed by atoms with E-state index in [0.29, 0.717) is 29.2 Å². The highest BCUT2D eigenvalue weighted by Crippen LogP contribution is 2.35. The van der Waals surface area contributed by atoms with Crippen molar-refractivity contribution in [2.45, 2.75) is 43.8 Å². The Balaban J connectivity index is 1.06. The van der Waals surface area contributed by atoms with Crippen LogP contribution < -0.4 is 5.32 Å².